The van der Waals surface area contributed by atoms with Crippen molar-refractivity contribution in [2.24, 2.45) is 0 Å². The second kappa shape index (κ2) is 9.70. The summed E-state index contributed by atoms with van der Waals surface area (Å²) in [6, 6.07) is 12.2. The number of carbonyl (C=O) groups is 1. The lowest BCUT2D eigenvalue weighted by molar-refractivity contribution is -0.385. The van der Waals surface area contributed by atoms with Crippen LogP contribution in [0, 0.1) is 10.1 Å². The topological polar surface area (TPSA) is 93.9 Å². The van der Waals surface area contributed by atoms with Crippen molar-refractivity contribution in [2.75, 3.05) is 34.4 Å². The molecule has 1 amide bonds. The summed E-state index contributed by atoms with van der Waals surface area (Å²) in [5, 5.41) is 14.3. The Hall–Kier alpha value is -3.13. The number of nitrogens with zero attached hydrogens (tertiary/aromatic N) is 2. The quantitative estimate of drug-likeness (QED) is 0.525. The zero-order valence-electron chi connectivity index (χ0n) is 16.5. The molecule has 1 unspecified atom stereocenters. The molecule has 1 N–H and O–H groups in total. The maximum absolute atomic E-state index is 12.7. The fourth-order valence-electron chi connectivity index (χ4n) is 2.87. The largest absolute Gasteiger partial charge is 0.493 e. The molecule has 2 aromatic rings. The smallest absolute Gasteiger partial charge is 0.286 e. The monoisotopic (exact) mass is 387 g/mol. The molecule has 2 aromatic carbocycles. The number of carbonyl (C=O) groups excluding carboxylic acids is 1. The maximum atomic E-state index is 12.7. The molecule has 28 heavy (non-hydrogen) atoms. The molecule has 8 heteroatoms. The number of ether oxygens (including phenoxy) is 2. The van der Waals surface area contributed by atoms with Crippen molar-refractivity contribution in [3.63, 3.8) is 0 Å². The number of nitro groups is 1. The Morgan fingerprint density at radius 3 is 2.43 bits per heavy atom. The van der Waals surface area contributed by atoms with Crippen LogP contribution in [0.4, 0.5) is 5.69 Å². The molecular formula is C20H25N3O5. The van der Waals surface area contributed by atoms with E-state index in [0.29, 0.717) is 13.2 Å². The van der Waals surface area contributed by atoms with Gasteiger partial charge in [0.05, 0.1) is 30.7 Å². The number of likely N-dealkylation sites (N-methyl/N-ethyl adjacent to an activating group) is 1. The molecule has 0 radical (unpaired) electrons. The number of amides is 1. The maximum Gasteiger partial charge on any atom is 0.286 e. The molecule has 0 aliphatic rings. The summed E-state index contributed by atoms with van der Waals surface area (Å²) in [4.78, 5) is 25.6. The van der Waals surface area contributed by atoms with Gasteiger partial charge in [-0.3, -0.25) is 14.9 Å². The third kappa shape index (κ3) is 4.98. The highest BCUT2D eigenvalue weighted by molar-refractivity contribution is 5.99. The average molecular weight is 387 g/mol. The van der Waals surface area contributed by atoms with Gasteiger partial charge in [-0.15, -0.1) is 0 Å². The number of hydrogen-bond donors (Lipinski definition) is 1. The summed E-state index contributed by atoms with van der Waals surface area (Å²) in [5.74, 6) is -0.0515. The van der Waals surface area contributed by atoms with Crippen molar-refractivity contribution in [1.82, 2.24) is 10.2 Å². The Morgan fingerprint density at radius 1 is 1.21 bits per heavy atom. The highest BCUT2D eigenvalue weighted by atomic mass is 16.6. The van der Waals surface area contributed by atoms with Gasteiger partial charge in [0, 0.05) is 12.6 Å². The molecule has 0 aromatic heterocycles. The van der Waals surface area contributed by atoms with E-state index in [-0.39, 0.29) is 28.8 Å². The van der Waals surface area contributed by atoms with Crippen LogP contribution >= 0.6 is 0 Å². The first-order chi connectivity index (χ1) is 13.4. The Bertz CT molecular complexity index is 824. The Kier molecular flexibility index (Phi) is 7.34. The van der Waals surface area contributed by atoms with Crippen LogP contribution in [0.25, 0.3) is 0 Å². The van der Waals surface area contributed by atoms with Gasteiger partial charge < -0.3 is 19.7 Å². The van der Waals surface area contributed by atoms with Crippen LogP contribution in [0.3, 0.4) is 0 Å². The van der Waals surface area contributed by atoms with Gasteiger partial charge in [-0.2, -0.15) is 0 Å². The van der Waals surface area contributed by atoms with Crippen molar-refractivity contribution < 1.29 is 19.2 Å². The van der Waals surface area contributed by atoms with Crippen LogP contribution in [-0.4, -0.2) is 50.1 Å². The first-order valence-corrected chi connectivity index (χ1v) is 8.87. The van der Waals surface area contributed by atoms with E-state index in [0.717, 1.165) is 5.56 Å². The summed E-state index contributed by atoms with van der Waals surface area (Å²) in [6.07, 6.45) is 0. The SMILES string of the molecule is CCOc1cc([N+](=O)[O-])c(C(=O)NCC(c2ccccc2)N(C)C)cc1OC. The minimum atomic E-state index is -0.600. The van der Waals surface area contributed by atoms with Gasteiger partial charge in [-0.25, -0.2) is 0 Å². The lowest BCUT2D eigenvalue weighted by Gasteiger charge is -2.25. The fraction of sp³-hybridized carbons (Fsp3) is 0.350. The van der Waals surface area contributed by atoms with Gasteiger partial charge in [-0.05, 0) is 26.6 Å². The first kappa shape index (κ1) is 21.2. The van der Waals surface area contributed by atoms with Crippen molar-refractivity contribution in [3.8, 4) is 11.5 Å². The molecule has 0 spiro atoms. The molecule has 1 atom stereocenters. The van der Waals surface area contributed by atoms with E-state index in [4.69, 9.17) is 9.47 Å². The predicted octanol–water partition coefficient (Wildman–Crippen LogP) is 3.03. The van der Waals surface area contributed by atoms with Crippen LogP contribution in [0.15, 0.2) is 42.5 Å². The number of rotatable bonds is 9. The minimum absolute atomic E-state index is 0.0733. The lowest BCUT2D eigenvalue weighted by Crippen LogP contribution is -2.34. The van der Waals surface area contributed by atoms with Crippen LogP contribution < -0.4 is 14.8 Å². The summed E-state index contributed by atoms with van der Waals surface area (Å²) in [5.41, 5.74) is 0.630. The predicted molar refractivity (Wildman–Crippen MR) is 106 cm³/mol. The molecule has 0 saturated carbocycles. The van der Waals surface area contributed by atoms with Gasteiger partial charge in [-0.1, -0.05) is 30.3 Å². The molecule has 0 heterocycles. The molecule has 0 aliphatic carbocycles. The number of nitrogens with one attached hydrogen (secondary N) is 1. The zero-order chi connectivity index (χ0) is 20.7. The van der Waals surface area contributed by atoms with E-state index in [1.807, 2.05) is 49.3 Å². The number of hydrogen-bond acceptors (Lipinski definition) is 6. The molecule has 0 aliphatic heterocycles. The normalized spacial score (nSPS) is 11.8. The van der Waals surface area contributed by atoms with Gasteiger partial charge in [0.1, 0.15) is 5.56 Å². The number of benzene rings is 2. The molecule has 8 nitrogen and oxygen atoms in total. The molecule has 0 fully saturated rings. The molecular weight excluding hydrogens is 362 g/mol. The second-order valence-corrected chi connectivity index (χ2v) is 6.31. The first-order valence-electron chi connectivity index (χ1n) is 8.87. The van der Waals surface area contributed by atoms with Crippen molar-refractivity contribution in [3.05, 3.63) is 63.7 Å². The van der Waals surface area contributed by atoms with Crippen LogP contribution in [0.2, 0.25) is 0 Å². The van der Waals surface area contributed by atoms with Crippen molar-refractivity contribution in [2.45, 2.75) is 13.0 Å². The molecule has 150 valence electrons. The number of methoxy groups -OCH3 is 1. The van der Waals surface area contributed by atoms with E-state index >= 15 is 0 Å². The average Bonchev–Trinajstić information content (AvgIpc) is 2.68. The Labute approximate surface area is 164 Å². The van der Waals surface area contributed by atoms with Gasteiger partial charge >= 0.3 is 0 Å². The summed E-state index contributed by atoms with van der Waals surface area (Å²) in [6.45, 7) is 2.38. The highest BCUT2D eigenvalue weighted by Gasteiger charge is 2.25. The summed E-state index contributed by atoms with van der Waals surface area (Å²) >= 11 is 0. The number of nitro benzene ring substituents is 1. The van der Waals surface area contributed by atoms with E-state index in [2.05, 4.69) is 5.32 Å². The minimum Gasteiger partial charge on any atom is -0.493 e. The standard InChI is InChI=1S/C20H25N3O5/c1-5-28-19-12-16(23(25)26)15(11-18(19)27-4)20(24)21-13-17(22(2)3)14-9-7-6-8-10-14/h6-12,17H,5,13H2,1-4H3,(H,21,24). The zero-order valence-corrected chi connectivity index (χ0v) is 16.5. The Morgan fingerprint density at radius 2 is 1.89 bits per heavy atom. The third-order valence-electron chi connectivity index (χ3n) is 4.29. The van der Waals surface area contributed by atoms with Crippen LogP contribution in [0.1, 0.15) is 28.9 Å². The summed E-state index contributed by atoms with van der Waals surface area (Å²) in [7, 11) is 5.24. The molecule has 0 bridgehead atoms. The van der Waals surface area contributed by atoms with E-state index in [9.17, 15) is 14.9 Å². The molecule has 0 saturated heterocycles. The second-order valence-electron chi connectivity index (χ2n) is 6.31. The van der Waals surface area contributed by atoms with Crippen molar-refractivity contribution in [1.29, 1.82) is 0 Å². The van der Waals surface area contributed by atoms with Crippen molar-refractivity contribution >= 4 is 11.6 Å². The third-order valence-corrected chi connectivity index (χ3v) is 4.29. The van der Waals surface area contributed by atoms with E-state index in [1.54, 1.807) is 6.92 Å². The lowest BCUT2D eigenvalue weighted by atomic mass is 10.1. The van der Waals surface area contributed by atoms with E-state index in [1.165, 1.54) is 19.2 Å². The van der Waals surface area contributed by atoms with Gasteiger partial charge in [0.15, 0.2) is 11.5 Å². The van der Waals surface area contributed by atoms with Crippen LogP contribution in [-0.2, 0) is 0 Å². The van der Waals surface area contributed by atoms with Gasteiger partial charge in [0.25, 0.3) is 11.6 Å². The highest BCUT2D eigenvalue weighted by Crippen LogP contribution is 2.34. The van der Waals surface area contributed by atoms with Gasteiger partial charge in [0.2, 0.25) is 0 Å². The van der Waals surface area contributed by atoms with Crippen LogP contribution in [0.5, 0.6) is 11.5 Å². The summed E-state index contributed by atoms with van der Waals surface area (Å²) < 4.78 is 10.6. The fourth-order valence-corrected chi connectivity index (χ4v) is 2.87. The van der Waals surface area contributed by atoms with E-state index < -0.39 is 10.8 Å². The molecule has 2 rings (SSSR count). The Balaban J connectivity index is 2.28.